The maximum atomic E-state index is 5.52. The molecule has 0 saturated carbocycles. The smallest absolute Gasteiger partial charge is 0.317 e. The van der Waals surface area contributed by atoms with Gasteiger partial charge in [0.2, 0.25) is 0 Å². The van der Waals surface area contributed by atoms with Crippen molar-refractivity contribution in [3.05, 3.63) is 59.9 Å². The molecule has 2 atom stereocenters. The summed E-state index contributed by atoms with van der Waals surface area (Å²) >= 11 is 0. The van der Waals surface area contributed by atoms with Crippen molar-refractivity contribution in [3.8, 4) is 17.4 Å². The van der Waals surface area contributed by atoms with E-state index in [1.165, 1.54) is 11.1 Å². The summed E-state index contributed by atoms with van der Waals surface area (Å²) in [4.78, 5) is 4.94. The van der Waals surface area contributed by atoms with Gasteiger partial charge in [-0.3, -0.25) is 4.57 Å². The number of para-hydroxylation sites is 2. The average Bonchev–Trinajstić information content (AvgIpc) is 3.30. The van der Waals surface area contributed by atoms with Crippen LogP contribution < -0.4 is 4.74 Å². The van der Waals surface area contributed by atoms with Gasteiger partial charge < -0.3 is 9.30 Å². The minimum absolute atomic E-state index is 0.0738. The van der Waals surface area contributed by atoms with E-state index in [2.05, 4.69) is 61.8 Å². The molecule has 2 bridgehead atoms. The van der Waals surface area contributed by atoms with Crippen LogP contribution in [0.5, 0.6) is 6.01 Å². The van der Waals surface area contributed by atoms with Crippen molar-refractivity contribution in [2.75, 3.05) is 7.11 Å². The van der Waals surface area contributed by atoms with E-state index in [1.54, 1.807) is 7.11 Å². The van der Waals surface area contributed by atoms with Crippen LogP contribution in [0.1, 0.15) is 29.9 Å². The molecule has 6 heteroatoms. The molecule has 0 spiro atoms. The Hall–Kier alpha value is -3.15. The lowest BCUT2D eigenvalue weighted by molar-refractivity contribution is 0.344. The lowest BCUT2D eigenvalue weighted by Gasteiger charge is -2.18. The Morgan fingerprint density at radius 1 is 0.960 bits per heavy atom. The monoisotopic (exact) mass is 329 g/mol. The number of hydrogen-bond acceptors (Lipinski definition) is 4. The minimum Gasteiger partial charge on any atom is -0.467 e. The maximum absolute atomic E-state index is 5.52. The highest BCUT2D eigenvalue weighted by Gasteiger charge is 2.42. The van der Waals surface area contributed by atoms with Crippen LogP contribution in [0.2, 0.25) is 0 Å². The van der Waals surface area contributed by atoms with Gasteiger partial charge in [-0.1, -0.05) is 41.5 Å². The summed E-state index contributed by atoms with van der Waals surface area (Å²) < 4.78 is 9.99. The Kier molecular flexibility index (Phi) is 2.36. The molecule has 122 valence electrons. The number of rotatable bonds is 1. The molecule has 6 rings (SSSR count). The van der Waals surface area contributed by atoms with Gasteiger partial charge in [0.05, 0.1) is 24.2 Å². The summed E-state index contributed by atoms with van der Waals surface area (Å²) in [5.74, 6) is 1.92. The van der Waals surface area contributed by atoms with E-state index in [9.17, 15) is 0 Å². The number of methoxy groups -OCH3 is 1. The molecule has 0 N–H and O–H groups in total. The summed E-state index contributed by atoms with van der Waals surface area (Å²) in [6.07, 6.45) is 0.936. The van der Waals surface area contributed by atoms with Crippen LogP contribution in [-0.4, -0.2) is 31.4 Å². The van der Waals surface area contributed by atoms with Crippen molar-refractivity contribution in [2.24, 2.45) is 0 Å². The Balaban J connectivity index is 1.77. The molecular weight excluding hydrogens is 314 g/mol. The molecule has 4 heterocycles. The van der Waals surface area contributed by atoms with E-state index < -0.39 is 0 Å². The standard InChI is InChI=1S/C19H15N5O/c1-25-19-22-21-17-12-7-3-2-6-11(12)15-10-16(24(17)19)18-20-13-8-4-5-9-14(13)23(15)18/h2-9,15-16H,10H2,1H3. The Labute approximate surface area is 143 Å². The van der Waals surface area contributed by atoms with E-state index in [4.69, 9.17) is 9.72 Å². The third-order valence-corrected chi connectivity index (χ3v) is 5.40. The average molecular weight is 329 g/mol. The van der Waals surface area contributed by atoms with Crippen LogP contribution in [-0.2, 0) is 0 Å². The van der Waals surface area contributed by atoms with Crippen molar-refractivity contribution in [2.45, 2.75) is 18.5 Å². The fourth-order valence-electron chi connectivity index (χ4n) is 4.41. The van der Waals surface area contributed by atoms with Gasteiger partial charge >= 0.3 is 6.01 Å². The predicted octanol–water partition coefficient (Wildman–Crippen LogP) is 3.20. The van der Waals surface area contributed by atoms with E-state index in [0.29, 0.717) is 6.01 Å². The lowest BCUT2D eigenvalue weighted by atomic mass is 9.99. The van der Waals surface area contributed by atoms with Crippen molar-refractivity contribution in [1.82, 2.24) is 24.3 Å². The highest BCUT2D eigenvalue weighted by Crippen LogP contribution is 2.50. The first-order valence-electron chi connectivity index (χ1n) is 8.42. The molecule has 2 aromatic heterocycles. The van der Waals surface area contributed by atoms with Gasteiger partial charge in [0, 0.05) is 12.0 Å². The van der Waals surface area contributed by atoms with Gasteiger partial charge in [-0.15, -0.1) is 5.10 Å². The fourth-order valence-corrected chi connectivity index (χ4v) is 4.41. The second-order valence-corrected chi connectivity index (χ2v) is 6.56. The van der Waals surface area contributed by atoms with Crippen molar-refractivity contribution in [1.29, 1.82) is 0 Å². The number of benzene rings is 2. The summed E-state index contributed by atoms with van der Waals surface area (Å²) in [7, 11) is 1.64. The molecule has 2 aliphatic heterocycles. The third kappa shape index (κ3) is 1.52. The Morgan fingerprint density at radius 3 is 2.72 bits per heavy atom. The largest absolute Gasteiger partial charge is 0.467 e. The van der Waals surface area contributed by atoms with Crippen LogP contribution in [0.3, 0.4) is 0 Å². The number of imidazole rings is 1. The van der Waals surface area contributed by atoms with Crippen molar-refractivity contribution >= 4 is 11.0 Å². The molecule has 0 aliphatic carbocycles. The first kappa shape index (κ1) is 13.2. The van der Waals surface area contributed by atoms with Gasteiger partial charge in [0.1, 0.15) is 11.9 Å². The van der Waals surface area contributed by atoms with E-state index in [-0.39, 0.29) is 12.1 Å². The number of aromatic nitrogens is 5. The zero-order chi connectivity index (χ0) is 16.5. The Bertz CT molecular complexity index is 1140. The molecule has 25 heavy (non-hydrogen) atoms. The molecule has 2 unspecified atom stereocenters. The van der Waals surface area contributed by atoms with E-state index in [1.807, 2.05) is 6.07 Å². The predicted molar refractivity (Wildman–Crippen MR) is 92.6 cm³/mol. The third-order valence-electron chi connectivity index (χ3n) is 5.40. The second kappa shape index (κ2) is 4.47. The highest BCUT2D eigenvalue weighted by molar-refractivity contribution is 5.78. The number of nitrogens with zero attached hydrogens (tertiary/aromatic N) is 5. The van der Waals surface area contributed by atoms with Gasteiger partial charge in [-0.25, -0.2) is 4.98 Å². The van der Waals surface area contributed by atoms with Gasteiger partial charge in [0.25, 0.3) is 0 Å². The zero-order valence-corrected chi connectivity index (χ0v) is 13.6. The first-order valence-corrected chi connectivity index (χ1v) is 8.42. The summed E-state index contributed by atoms with van der Waals surface area (Å²) in [5, 5.41) is 8.68. The van der Waals surface area contributed by atoms with E-state index in [0.717, 1.165) is 29.1 Å². The van der Waals surface area contributed by atoms with Crippen LogP contribution in [0.4, 0.5) is 0 Å². The molecule has 0 radical (unpaired) electrons. The maximum Gasteiger partial charge on any atom is 0.317 e. The molecule has 0 saturated heterocycles. The molecule has 2 aromatic carbocycles. The molecular formula is C19H15N5O. The summed E-state index contributed by atoms with van der Waals surface area (Å²) in [6.45, 7) is 0. The van der Waals surface area contributed by atoms with Crippen LogP contribution >= 0.6 is 0 Å². The molecule has 0 amide bonds. The second-order valence-electron chi connectivity index (χ2n) is 6.56. The van der Waals surface area contributed by atoms with Crippen LogP contribution in [0, 0.1) is 0 Å². The van der Waals surface area contributed by atoms with E-state index >= 15 is 0 Å². The number of fused-ring (bicyclic) bond motifs is 6. The molecule has 0 fully saturated rings. The number of hydrogen-bond donors (Lipinski definition) is 0. The van der Waals surface area contributed by atoms with Crippen molar-refractivity contribution in [3.63, 3.8) is 0 Å². The zero-order valence-electron chi connectivity index (χ0n) is 13.6. The van der Waals surface area contributed by atoms with Gasteiger partial charge in [-0.2, -0.15) is 0 Å². The fraction of sp³-hybridized carbons (Fsp3) is 0.211. The quantitative estimate of drug-likeness (QED) is 0.538. The van der Waals surface area contributed by atoms with Crippen LogP contribution in [0.25, 0.3) is 22.4 Å². The van der Waals surface area contributed by atoms with Crippen molar-refractivity contribution < 1.29 is 4.74 Å². The Morgan fingerprint density at radius 2 is 1.80 bits per heavy atom. The topological polar surface area (TPSA) is 57.8 Å². The SMILES string of the molecule is COc1nnc2n1C1CC(c3ccccc3-2)n2c1nc1ccccc12. The summed E-state index contributed by atoms with van der Waals surface area (Å²) in [6, 6.07) is 17.6. The number of ether oxygens (including phenoxy) is 1. The van der Waals surface area contributed by atoms with Crippen LogP contribution in [0.15, 0.2) is 48.5 Å². The van der Waals surface area contributed by atoms with Gasteiger partial charge in [-0.05, 0) is 17.7 Å². The lowest BCUT2D eigenvalue weighted by Crippen LogP contribution is -2.12. The highest BCUT2D eigenvalue weighted by atomic mass is 16.5. The normalized spacial score (nSPS) is 20.0. The molecule has 4 aromatic rings. The van der Waals surface area contributed by atoms with Gasteiger partial charge in [0.15, 0.2) is 5.82 Å². The minimum atomic E-state index is 0.0738. The summed E-state index contributed by atoms with van der Waals surface area (Å²) in [5.41, 5.74) is 4.59. The molecule has 6 nitrogen and oxygen atoms in total. The first-order chi connectivity index (χ1) is 12.4. The molecule has 2 aliphatic rings.